The van der Waals surface area contributed by atoms with E-state index in [2.05, 4.69) is 27.5 Å². The molecule has 1 amide bonds. The van der Waals surface area contributed by atoms with Gasteiger partial charge in [-0.2, -0.15) is 11.8 Å². The number of rotatable bonds is 7. The Morgan fingerprint density at radius 2 is 2.00 bits per heavy atom. The van der Waals surface area contributed by atoms with Crippen LogP contribution in [0, 0.1) is 0 Å². The van der Waals surface area contributed by atoms with Crippen molar-refractivity contribution in [3.8, 4) is 0 Å². The quantitative estimate of drug-likeness (QED) is 0.574. The van der Waals surface area contributed by atoms with Crippen molar-refractivity contribution in [1.29, 1.82) is 0 Å². The maximum Gasteiger partial charge on any atom is 0.236 e. The summed E-state index contributed by atoms with van der Waals surface area (Å²) < 4.78 is -0.438. The van der Waals surface area contributed by atoms with E-state index < -0.39 is 4.32 Å². The summed E-state index contributed by atoms with van der Waals surface area (Å²) in [5.41, 5.74) is 0. The first kappa shape index (κ1) is 14.3. The van der Waals surface area contributed by atoms with Gasteiger partial charge in [0.1, 0.15) is 0 Å². The third kappa shape index (κ3) is 7.68. The summed E-state index contributed by atoms with van der Waals surface area (Å²) in [5.74, 6) is 1.29. The number of alkyl halides is 1. The van der Waals surface area contributed by atoms with Gasteiger partial charge in [0.15, 0.2) is 0 Å². The topological polar surface area (TPSA) is 29.1 Å². The van der Waals surface area contributed by atoms with Crippen molar-refractivity contribution in [3.63, 3.8) is 0 Å². The summed E-state index contributed by atoms with van der Waals surface area (Å²) in [7, 11) is 0. The summed E-state index contributed by atoms with van der Waals surface area (Å²) in [4.78, 5) is 11.4. The number of carbonyl (C=O) groups is 1. The fourth-order valence-electron chi connectivity index (χ4n) is 0.960. The van der Waals surface area contributed by atoms with Crippen molar-refractivity contribution in [1.82, 2.24) is 5.32 Å². The van der Waals surface area contributed by atoms with Crippen LogP contribution in [0.25, 0.3) is 0 Å². The van der Waals surface area contributed by atoms with Crippen molar-refractivity contribution in [2.24, 2.45) is 0 Å². The number of halogens is 1. The normalized spacial score (nSPS) is 11.4. The maximum absolute atomic E-state index is 11.4. The minimum Gasteiger partial charge on any atom is -0.355 e. The average molecular weight is 282 g/mol. The molecule has 0 saturated heterocycles. The second-order valence-electron chi connectivity index (χ2n) is 3.78. The van der Waals surface area contributed by atoms with Gasteiger partial charge in [0.05, 0.1) is 4.32 Å². The largest absolute Gasteiger partial charge is 0.355 e. The summed E-state index contributed by atoms with van der Waals surface area (Å²) >= 11 is 5.20. The molecule has 0 bridgehead atoms. The van der Waals surface area contributed by atoms with Crippen LogP contribution in [0.1, 0.15) is 33.1 Å². The van der Waals surface area contributed by atoms with E-state index in [-0.39, 0.29) is 5.91 Å². The van der Waals surface area contributed by atoms with E-state index in [0.29, 0.717) is 0 Å². The first-order valence-corrected chi connectivity index (χ1v) is 7.13. The Kier molecular flexibility index (Phi) is 7.74. The Morgan fingerprint density at radius 1 is 1.36 bits per heavy atom. The molecule has 0 fully saturated rings. The molecule has 0 aliphatic rings. The summed E-state index contributed by atoms with van der Waals surface area (Å²) in [5, 5.41) is 2.91. The Bertz CT molecular complexity index is 168. The van der Waals surface area contributed by atoms with Gasteiger partial charge in [0, 0.05) is 6.54 Å². The zero-order valence-electron chi connectivity index (χ0n) is 9.23. The van der Waals surface area contributed by atoms with Crippen molar-refractivity contribution in [3.05, 3.63) is 0 Å². The highest BCUT2D eigenvalue weighted by atomic mass is 79.9. The third-order valence-corrected chi connectivity index (χ3v) is 2.91. The molecular weight excluding hydrogens is 262 g/mol. The minimum absolute atomic E-state index is 0.0716. The third-order valence-electron chi connectivity index (χ3n) is 1.85. The second-order valence-corrected chi connectivity index (χ2v) is 6.75. The number of hydrogen-bond acceptors (Lipinski definition) is 2. The van der Waals surface area contributed by atoms with Crippen LogP contribution in [-0.4, -0.2) is 28.8 Å². The van der Waals surface area contributed by atoms with E-state index in [1.54, 1.807) is 0 Å². The molecule has 4 heteroatoms. The van der Waals surface area contributed by atoms with Gasteiger partial charge in [-0.3, -0.25) is 4.79 Å². The van der Waals surface area contributed by atoms with E-state index in [9.17, 15) is 4.79 Å². The van der Waals surface area contributed by atoms with Gasteiger partial charge in [0.2, 0.25) is 5.91 Å². The average Bonchev–Trinajstić information content (AvgIpc) is 2.09. The lowest BCUT2D eigenvalue weighted by molar-refractivity contribution is -0.122. The number of unbranched alkanes of at least 4 members (excludes halogenated alkanes) is 2. The second kappa shape index (κ2) is 7.57. The molecule has 0 aromatic carbocycles. The molecule has 14 heavy (non-hydrogen) atoms. The van der Waals surface area contributed by atoms with E-state index in [1.807, 2.05) is 25.6 Å². The molecule has 0 aromatic rings. The van der Waals surface area contributed by atoms with Crippen molar-refractivity contribution >= 4 is 33.6 Å². The fraction of sp³-hybridized carbons (Fsp3) is 0.900. The molecule has 0 aliphatic carbocycles. The SMILES string of the molecule is CSCCCCCNC(=O)C(C)(C)Br. The van der Waals surface area contributed by atoms with Gasteiger partial charge < -0.3 is 5.32 Å². The molecule has 0 aliphatic heterocycles. The predicted octanol–water partition coefficient (Wildman–Crippen LogP) is 2.81. The molecule has 0 unspecified atom stereocenters. The van der Waals surface area contributed by atoms with E-state index in [1.165, 1.54) is 18.6 Å². The Morgan fingerprint density at radius 3 is 2.50 bits per heavy atom. The van der Waals surface area contributed by atoms with Gasteiger partial charge >= 0.3 is 0 Å². The molecule has 0 atom stereocenters. The lowest BCUT2D eigenvalue weighted by Crippen LogP contribution is -2.37. The van der Waals surface area contributed by atoms with E-state index in [4.69, 9.17) is 0 Å². The molecule has 0 heterocycles. The maximum atomic E-state index is 11.4. The number of thioether (sulfide) groups is 1. The van der Waals surface area contributed by atoms with Crippen LogP contribution in [0.4, 0.5) is 0 Å². The molecule has 84 valence electrons. The molecule has 1 N–H and O–H groups in total. The van der Waals surface area contributed by atoms with Gasteiger partial charge in [0.25, 0.3) is 0 Å². The van der Waals surface area contributed by atoms with Crippen molar-refractivity contribution in [2.75, 3.05) is 18.6 Å². The molecule has 0 radical (unpaired) electrons. The smallest absolute Gasteiger partial charge is 0.236 e. The van der Waals surface area contributed by atoms with Crippen molar-refractivity contribution in [2.45, 2.75) is 37.4 Å². The Hall–Kier alpha value is 0.300. The summed E-state index contributed by atoms with van der Waals surface area (Å²) in [6.07, 6.45) is 5.64. The van der Waals surface area contributed by atoms with Crippen LogP contribution < -0.4 is 5.32 Å². The first-order valence-electron chi connectivity index (χ1n) is 4.94. The molecule has 2 nitrogen and oxygen atoms in total. The molecule has 0 rings (SSSR count). The Balaban J connectivity index is 3.33. The van der Waals surface area contributed by atoms with E-state index >= 15 is 0 Å². The standard InChI is InChI=1S/C10H20BrNOS/c1-10(2,11)9(13)12-7-5-4-6-8-14-3/h4-8H2,1-3H3,(H,12,13). The van der Waals surface area contributed by atoms with Crippen LogP contribution >= 0.6 is 27.7 Å². The Labute approximate surface area is 99.7 Å². The predicted molar refractivity (Wildman–Crippen MR) is 68.2 cm³/mol. The minimum atomic E-state index is -0.438. The molecular formula is C10H20BrNOS. The van der Waals surface area contributed by atoms with Gasteiger partial charge in [-0.05, 0) is 38.7 Å². The number of nitrogens with one attached hydrogen (secondary N) is 1. The van der Waals surface area contributed by atoms with Crippen LogP contribution in [0.15, 0.2) is 0 Å². The summed E-state index contributed by atoms with van der Waals surface area (Å²) in [6.45, 7) is 4.51. The van der Waals surface area contributed by atoms with E-state index in [0.717, 1.165) is 13.0 Å². The van der Waals surface area contributed by atoms with Gasteiger partial charge in [-0.15, -0.1) is 0 Å². The highest BCUT2D eigenvalue weighted by Crippen LogP contribution is 2.15. The van der Waals surface area contributed by atoms with Crippen molar-refractivity contribution < 1.29 is 4.79 Å². The highest BCUT2D eigenvalue weighted by molar-refractivity contribution is 9.10. The number of hydrogen-bond donors (Lipinski definition) is 1. The summed E-state index contributed by atoms with van der Waals surface area (Å²) in [6, 6.07) is 0. The number of carbonyl (C=O) groups excluding carboxylic acids is 1. The van der Waals surface area contributed by atoms with Gasteiger partial charge in [-0.25, -0.2) is 0 Å². The zero-order chi connectivity index (χ0) is 11.0. The van der Waals surface area contributed by atoms with Crippen LogP contribution in [0.5, 0.6) is 0 Å². The lowest BCUT2D eigenvalue weighted by Gasteiger charge is -2.15. The van der Waals surface area contributed by atoms with Gasteiger partial charge in [-0.1, -0.05) is 22.4 Å². The molecule has 0 aromatic heterocycles. The fourth-order valence-corrected chi connectivity index (χ4v) is 1.59. The van der Waals surface area contributed by atoms with Crippen LogP contribution in [0.2, 0.25) is 0 Å². The zero-order valence-corrected chi connectivity index (χ0v) is 11.6. The molecule has 0 spiro atoms. The van der Waals surface area contributed by atoms with Crippen LogP contribution in [-0.2, 0) is 4.79 Å². The lowest BCUT2D eigenvalue weighted by atomic mass is 10.2. The highest BCUT2D eigenvalue weighted by Gasteiger charge is 2.22. The monoisotopic (exact) mass is 281 g/mol. The number of amides is 1. The van der Waals surface area contributed by atoms with Crippen LogP contribution in [0.3, 0.4) is 0 Å². The first-order chi connectivity index (χ1) is 6.48. The molecule has 0 saturated carbocycles.